The van der Waals surface area contributed by atoms with Crippen molar-refractivity contribution in [1.29, 1.82) is 0 Å². The van der Waals surface area contributed by atoms with Crippen LogP contribution >= 0.6 is 11.8 Å². The molecule has 1 heterocycles. The summed E-state index contributed by atoms with van der Waals surface area (Å²) in [5.41, 5.74) is 1.22. The monoisotopic (exact) mass is 242 g/mol. The van der Waals surface area contributed by atoms with E-state index in [4.69, 9.17) is 0 Å². The lowest BCUT2D eigenvalue weighted by Crippen LogP contribution is -2.28. The van der Waals surface area contributed by atoms with E-state index in [2.05, 4.69) is 35.1 Å². The van der Waals surface area contributed by atoms with Crippen LogP contribution in [-0.4, -0.2) is 41.7 Å². The van der Waals surface area contributed by atoms with Crippen LogP contribution in [0.1, 0.15) is 12.6 Å². The van der Waals surface area contributed by atoms with Crippen LogP contribution in [0.4, 0.5) is 5.95 Å². The second-order valence-corrected chi connectivity index (χ2v) is 5.15. The van der Waals surface area contributed by atoms with Gasteiger partial charge in [-0.05, 0) is 13.2 Å². The Labute approximate surface area is 102 Å². The minimum absolute atomic E-state index is 0.535. The molecule has 4 nitrogen and oxygen atoms in total. The van der Waals surface area contributed by atoms with Crippen molar-refractivity contribution in [3.05, 3.63) is 11.9 Å². The molecule has 1 unspecified atom stereocenters. The van der Waals surface area contributed by atoms with Gasteiger partial charge in [-0.1, -0.05) is 0 Å². The number of anilines is 1. The van der Waals surface area contributed by atoms with Crippen molar-refractivity contribution in [2.75, 3.05) is 31.0 Å². The standard InChI is InChI=1S/C11H22N4S/c1-9(8-16-5)12-6-10-7-13-11(14(2)3)15(10)4/h7,9,12H,6,8H2,1-5H3. The van der Waals surface area contributed by atoms with Gasteiger partial charge in [0.2, 0.25) is 5.95 Å². The average Bonchev–Trinajstić information content (AvgIpc) is 2.57. The Kier molecular flexibility index (Phi) is 5.15. The Morgan fingerprint density at radius 3 is 2.75 bits per heavy atom. The Bertz CT molecular complexity index is 322. The molecule has 0 saturated carbocycles. The van der Waals surface area contributed by atoms with Gasteiger partial charge in [-0.25, -0.2) is 4.98 Å². The first-order valence-corrected chi connectivity index (χ1v) is 6.86. The normalized spacial score (nSPS) is 12.8. The summed E-state index contributed by atoms with van der Waals surface area (Å²) in [5.74, 6) is 2.13. The van der Waals surface area contributed by atoms with Crippen molar-refractivity contribution < 1.29 is 0 Å². The van der Waals surface area contributed by atoms with Crippen LogP contribution in [0.3, 0.4) is 0 Å². The predicted octanol–water partition coefficient (Wildman–Crippen LogP) is 1.33. The Morgan fingerprint density at radius 1 is 1.56 bits per heavy atom. The number of hydrogen-bond acceptors (Lipinski definition) is 4. The van der Waals surface area contributed by atoms with Gasteiger partial charge in [0.25, 0.3) is 0 Å². The molecular formula is C11H22N4S. The van der Waals surface area contributed by atoms with Crippen LogP contribution < -0.4 is 10.2 Å². The Balaban J connectivity index is 2.55. The minimum atomic E-state index is 0.535. The number of rotatable bonds is 6. The SMILES string of the molecule is CSCC(C)NCc1cnc(N(C)C)n1C. The van der Waals surface area contributed by atoms with Crippen molar-refractivity contribution in [2.24, 2.45) is 7.05 Å². The highest BCUT2D eigenvalue weighted by atomic mass is 32.2. The summed E-state index contributed by atoms with van der Waals surface area (Å²) in [6, 6.07) is 0.535. The summed E-state index contributed by atoms with van der Waals surface area (Å²) < 4.78 is 2.12. The van der Waals surface area contributed by atoms with Gasteiger partial charge >= 0.3 is 0 Å². The zero-order chi connectivity index (χ0) is 12.1. The highest BCUT2D eigenvalue weighted by molar-refractivity contribution is 7.98. The van der Waals surface area contributed by atoms with E-state index in [-0.39, 0.29) is 0 Å². The van der Waals surface area contributed by atoms with E-state index >= 15 is 0 Å². The van der Waals surface area contributed by atoms with E-state index in [1.165, 1.54) is 5.69 Å². The first-order chi connectivity index (χ1) is 7.56. The molecule has 0 aliphatic heterocycles. The molecule has 0 aromatic carbocycles. The molecular weight excluding hydrogens is 220 g/mol. The van der Waals surface area contributed by atoms with Crippen LogP contribution in [0.15, 0.2) is 6.20 Å². The van der Waals surface area contributed by atoms with Crippen LogP contribution in [0.2, 0.25) is 0 Å². The van der Waals surface area contributed by atoms with E-state index in [1.54, 1.807) is 0 Å². The van der Waals surface area contributed by atoms with Crippen LogP contribution in [-0.2, 0) is 13.6 Å². The second-order valence-electron chi connectivity index (χ2n) is 4.24. The van der Waals surface area contributed by atoms with Gasteiger partial charge < -0.3 is 14.8 Å². The third-order valence-electron chi connectivity index (χ3n) is 2.51. The molecule has 0 radical (unpaired) electrons. The fourth-order valence-corrected chi connectivity index (χ4v) is 2.22. The van der Waals surface area contributed by atoms with Crippen LogP contribution in [0.25, 0.3) is 0 Å². The number of hydrogen-bond donors (Lipinski definition) is 1. The van der Waals surface area contributed by atoms with Gasteiger partial charge in [-0.3, -0.25) is 0 Å². The summed E-state index contributed by atoms with van der Waals surface area (Å²) in [5, 5.41) is 3.49. The maximum Gasteiger partial charge on any atom is 0.204 e. The summed E-state index contributed by atoms with van der Waals surface area (Å²) in [6.07, 6.45) is 4.07. The zero-order valence-electron chi connectivity index (χ0n) is 10.8. The highest BCUT2D eigenvalue weighted by Gasteiger charge is 2.08. The lowest BCUT2D eigenvalue weighted by Gasteiger charge is -2.15. The number of nitrogens with zero attached hydrogens (tertiary/aromatic N) is 3. The van der Waals surface area contributed by atoms with E-state index in [0.717, 1.165) is 18.2 Å². The molecule has 1 aromatic heterocycles. The molecule has 1 rings (SSSR count). The third-order valence-corrected chi connectivity index (χ3v) is 3.34. The van der Waals surface area contributed by atoms with E-state index < -0.39 is 0 Å². The van der Waals surface area contributed by atoms with Gasteiger partial charge in [0.1, 0.15) is 0 Å². The summed E-state index contributed by atoms with van der Waals surface area (Å²) in [4.78, 5) is 6.41. The minimum Gasteiger partial charge on any atom is -0.348 e. The van der Waals surface area contributed by atoms with Crippen molar-refractivity contribution >= 4 is 17.7 Å². The van der Waals surface area contributed by atoms with Crippen molar-refractivity contribution in [2.45, 2.75) is 19.5 Å². The van der Waals surface area contributed by atoms with Gasteiger partial charge in [-0.15, -0.1) is 0 Å². The molecule has 0 aliphatic rings. The average molecular weight is 242 g/mol. The Hall–Kier alpha value is -0.680. The van der Waals surface area contributed by atoms with Gasteiger partial charge in [0, 0.05) is 39.5 Å². The summed E-state index contributed by atoms with van der Waals surface area (Å²) in [7, 11) is 6.07. The second kappa shape index (κ2) is 6.15. The molecule has 0 amide bonds. The third kappa shape index (κ3) is 3.42. The fraction of sp³-hybridized carbons (Fsp3) is 0.727. The smallest absolute Gasteiger partial charge is 0.204 e. The van der Waals surface area contributed by atoms with E-state index in [1.807, 2.05) is 37.0 Å². The summed E-state index contributed by atoms with van der Waals surface area (Å²) >= 11 is 1.87. The summed E-state index contributed by atoms with van der Waals surface area (Å²) in [6.45, 7) is 3.08. The highest BCUT2D eigenvalue weighted by Crippen LogP contribution is 2.10. The predicted molar refractivity (Wildman–Crippen MR) is 72.2 cm³/mol. The lowest BCUT2D eigenvalue weighted by molar-refractivity contribution is 0.577. The maximum absolute atomic E-state index is 4.38. The number of nitrogens with one attached hydrogen (secondary N) is 1. The maximum atomic E-state index is 4.38. The molecule has 16 heavy (non-hydrogen) atoms. The molecule has 0 spiro atoms. The molecule has 1 atom stereocenters. The van der Waals surface area contributed by atoms with E-state index in [0.29, 0.717) is 6.04 Å². The van der Waals surface area contributed by atoms with Crippen molar-refractivity contribution in [1.82, 2.24) is 14.9 Å². The Morgan fingerprint density at radius 2 is 2.25 bits per heavy atom. The molecule has 92 valence electrons. The number of imidazole rings is 1. The topological polar surface area (TPSA) is 33.1 Å². The first-order valence-electron chi connectivity index (χ1n) is 5.46. The largest absolute Gasteiger partial charge is 0.348 e. The molecule has 0 aliphatic carbocycles. The van der Waals surface area contributed by atoms with Gasteiger partial charge in [0.05, 0.1) is 11.9 Å². The lowest BCUT2D eigenvalue weighted by atomic mass is 10.3. The number of aromatic nitrogens is 2. The molecule has 1 aromatic rings. The van der Waals surface area contributed by atoms with Crippen LogP contribution in [0, 0.1) is 0 Å². The van der Waals surface area contributed by atoms with Crippen molar-refractivity contribution in [3.63, 3.8) is 0 Å². The first kappa shape index (κ1) is 13.4. The van der Waals surface area contributed by atoms with Crippen molar-refractivity contribution in [3.8, 4) is 0 Å². The van der Waals surface area contributed by atoms with Gasteiger partial charge in [0.15, 0.2) is 0 Å². The fourth-order valence-electron chi connectivity index (χ4n) is 1.60. The molecule has 0 bridgehead atoms. The molecule has 5 heteroatoms. The van der Waals surface area contributed by atoms with Crippen LogP contribution in [0.5, 0.6) is 0 Å². The zero-order valence-corrected chi connectivity index (χ0v) is 11.6. The molecule has 0 saturated heterocycles. The van der Waals surface area contributed by atoms with Gasteiger partial charge in [-0.2, -0.15) is 11.8 Å². The quantitative estimate of drug-likeness (QED) is 0.816. The molecule has 0 fully saturated rings. The molecule has 1 N–H and O–H groups in total. The number of thioether (sulfide) groups is 1. The van der Waals surface area contributed by atoms with E-state index in [9.17, 15) is 0 Å².